The minimum Gasteiger partial charge on any atom is -0.464 e. The quantitative estimate of drug-likeness (QED) is 0.713. The molecule has 0 fully saturated rings. The highest BCUT2D eigenvalue weighted by molar-refractivity contribution is 5.89. The smallest absolute Gasteiger partial charge is 0.227 e. The monoisotopic (exact) mass is 325 g/mol. The molecule has 0 N–H and O–H groups in total. The summed E-state index contributed by atoms with van der Waals surface area (Å²) in [5.41, 5.74) is 4.45. The molecule has 3 aromatic rings. The first kappa shape index (κ1) is 16.2. The highest BCUT2D eigenvalue weighted by atomic mass is 19.1. The summed E-state index contributed by atoms with van der Waals surface area (Å²) in [5.74, 6) is -0.365. The maximum Gasteiger partial charge on any atom is 0.227 e. The Bertz CT molecular complexity index is 898. The Balaban J connectivity index is 1.77. The van der Waals surface area contributed by atoms with E-state index in [0.717, 1.165) is 27.7 Å². The fourth-order valence-corrected chi connectivity index (χ4v) is 2.79. The van der Waals surface area contributed by atoms with Crippen LogP contribution in [0.1, 0.15) is 22.3 Å². The number of nitrogens with zero attached hydrogens (tertiary/aromatic N) is 1. The van der Waals surface area contributed by atoms with Gasteiger partial charge in [-0.3, -0.25) is 4.79 Å². The van der Waals surface area contributed by atoms with Gasteiger partial charge in [0.1, 0.15) is 11.4 Å². The predicted molar refractivity (Wildman–Crippen MR) is 92.3 cm³/mol. The summed E-state index contributed by atoms with van der Waals surface area (Å²) in [5, 5.41) is 0.964. The zero-order valence-electron chi connectivity index (χ0n) is 14.1. The molecule has 3 nitrogen and oxygen atoms in total. The normalized spacial score (nSPS) is 11.0. The number of aryl methyl sites for hydroxylation is 2. The van der Waals surface area contributed by atoms with Crippen LogP contribution in [0, 0.1) is 19.7 Å². The largest absolute Gasteiger partial charge is 0.464 e. The molecule has 0 aliphatic rings. The lowest BCUT2D eigenvalue weighted by molar-refractivity contribution is -0.129. The van der Waals surface area contributed by atoms with Gasteiger partial charge in [-0.15, -0.1) is 0 Å². The molecule has 24 heavy (non-hydrogen) atoms. The van der Waals surface area contributed by atoms with Gasteiger partial charge in [0.15, 0.2) is 0 Å². The van der Waals surface area contributed by atoms with Gasteiger partial charge in [-0.05, 0) is 31.0 Å². The Labute approximate surface area is 140 Å². The van der Waals surface area contributed by atoms with Crippen molar-refractivity contribution in [2.45, 2.75) is 26.8 Å². The van der Waals surface area contributed by atoms with Gasteiger partial charge in [0.25, 0.3) is 0 Å². The third-order valence-corrected chi connectivity index (χ3v) is 4.47. The number of rotatable bonds is 4. The fourth-order valence-electron chi connectivity index (χ4n) is 2.79. The van der Waals surface area contributed by atoms with Gasteiger partial charge in [-0.2, -0.15) is 0 Å². The van der Waals surface area contributed by atoms with Crippen LogP contribution in [0.2, 0.25) is 0 Å². The lowest BCUT2D eigenvalue weighted by atomic mass is 10.0. The van der Waals surface area contributed by atoms with E-state index >= 15 is 0 Å². The van der Waals surface area contributed by atoms with Crippen LogP contribution in [0.15, 0.2) is 47.1 Å². The van der Waals surface area contributed by atoms with Crippen molar-refractivity contribution in [3.05, 3.63) is 70.7 Å². The Hall–Kier alpha value is -2.62. The third kappa shape index (κ3) is 3.04. The summed E-state index contributed by atoms with van der Waals surface area (Å²) in [6, 6.07) is 10.5. The number of hydrogen-bond acceptors (Lipinski definition) is 2. The molecule has 0 spiro atoms. The Kier molecular flexibility index (Phi) is 4.38. The molecule has 0 saturated heterocycles. The number of fused-ring (bicyclic) bond motifs is 1. The van der Waals surface area contributed by atoms with Crippen LogP contribution in [0.3, 0.4) is 0 Å². The van der Waals surface area contributed by atoms with Crippen LogP contribution < -0.4 is 0 Å². The second-order valence-corrected chi connectivity index (χ2v) is 6.16. The van der Waals surface area contributed by atoms with Crippen molar-refractivity contribution < 1.29 is 13.6 Å². The van der Waals surface area contributed by atoms with Crippen LogP contribution in [0.4, 0.5) is 4.39 Å². The van der Waals surface area contributed by atoms with Crippen molar-refractivity contribution >= 4 is 16.9 Å². The second kappa shape index (κ2) is 6.48. The molecule has 124 valence electrons. The first-order valence-electron chi connectivity index (χ1n) is 7.91. The lowest BCUT2D eigenvalue weighted by Gasteiger charge is -2.17. The van der Waals surface area contributed by atoms with Crippen molar-refractivity contribution in [3.63, 3.8) is 0 Å². The Morgan fingerprint density at radius 3 is 2.62 bits per heavy atom. The highest BCUT2D eigenvalue weighted by Crippen LogP contribution is 2.27. The SMILES string of the molecule is Cc1ccc2c(CC(=O)N(C)Cc3ccccc3F)coc2c1C. The second-order valence-electron chi connectivity index (χ2n) is 6.16. The van der Waals surface area contributed by atoms with Crippen molar-refractivity contribution in [1.82, 2.24) is 4.90 Å². The molecular weight excluding hydrogens is 305 g/mol. The van der Waals surface area contributed by atoms with E-state index in [9.17, 15) is 9.18 Å². The fraction of sp³-hybridized carbons (Fsp3) is 0.250. The molecule has 1 heterocycles. The molecule has 0 aliphatic heterocycles. The molecule has 0 atom stereocenters. The minimum atomic E-state index is -0.294. The van der Waals surface area contributed by atoms with Gasteiger partial charge in [0, 0.05) is 30.1 Å². The zero-order chi connectivity index (χ0) is 17.3. The topological polar surface area (TPSA) is 33.5 Å². The molecule has 0 aliphatic carbocycles. The number of amides is 1. The van der Waals surface area contributed by atoms with E-state index in [4.69, 9.17) is 4.42 Å². The van der Waals surface area contributed by atoms with Crippen molar-refractivity contribution in [3.8, 4) is 0 Å². The van der Waals surface area contributed by atoms with Gasteiger partial charge in [0.2, 0.25) is 5.91 Å². The number of halogens is 1. The van der Waals surface area contributed by atoms with E-state index in [1.54, 1.807) is 31.5 Å². The highest BCUT2D eigenvalue weighted by Gasteiger charge is 2.16. The molecule has 2 aromatic carbocycles. The summed E-state index contributed by atoms with van der Waals surface area (Å²) in [4.78, 5) is 14.0. The van der Waals surface area contributed by atoms with E-state index in [1.807, 2.05) is 26.0 Å². The number of furan rings is 1. The van der Waals surface area contributed by atoms with E-state index < -0.39 is 0 Å². The molecule has 0 saturated carbocycles. The van der Waals surface area contributed by atoms with Gasteiger partial charge in [-0.25, -0.2) is 4.39 Å². The number of benzene rings is 2. The van der Waals surface area contributed by atoms with Crippen molar-refractivity contribution in [1.29, 1.82) is 0 Å². The summed E-state index contributed by atoms with van der Waals surface area (Å²) in [6.07, 6.45) is 1.88. The summed E-state index contributed by atoms with van der Waals surface area (Å²) in [7, 11) is 1.69. The van der Waals surface area contributed by atoms with E-state index in [0.29, 0.717) is 5.56 Å². The van der Waals surface area contributed by atoms with Gasteiger partial charge in [-0.1, -0.05) is 30.3 Å². The predicted octanol–water partition coefficient (Wildman–Crippen LogP) is 4.39. The molecule has 0 radical (unpaired) electrons. The molecule has 3 rings (SSSR count). The summed E-state index contributed by atoms with van der Waals surface area (Å²) in [6.45, 7) is 4.29. The van der Waals surface area contributed by atoms with Crippen LogP contribution in [-0.2, 0) is 17.8 Å². The van der Waals surface area contributed by atoms with Gasteiger partial charge >= 0.3 is 0 Å². The van der Waals surface area contributed by atoms with Crippen molar-refractivity contribution in [2.24, 2.45) is 0 Å². The van der Waals surface area contributed by atoms with Crippen molar-refractivity contribution in [2.75, 3.05) is 7.05 Å². The zero-order valence-corrected chi connectivity index (χ0v) is 14.1. The first-order chi connectivity index (χ1) is 11.5. The molecule has 4 heteroatoms. The van der Waals surface area contributed by atoms with Crippen LogP contribution in [0.25, 0.3) is 11.0 Å². The third-order valence-electron chi connectivity index (χ3n) is 4.47. The maximum atomic E-state index is 13.7. The van der Waals surface area contributed by atoms with Crippen LogP contribution in [-0.4, -0.2) is 17.9 Å². The van der Waals surface area contributed by atoms with E-state index in [1.165, 1.54) is 11.0 Å². The average Bonchev–Trinajstić information content (AvgIpc) is 2.96. The summed E-state index contributed by atoms with van der Waals surface area (Å²) < 4.78 is 19.4. The molecule has 1 aromatic heterocycles. The molecule has 0 bridgehead atoms. The van der Waals surface area contributed by atoms with Crippen LogP contribution >= 0.6 is 0 Å². The Morgan fingerprint density at radius 2 is 1.88 bits per heavy atom. The van der Waals surface area contributed by atoms with E-state index in [-0.39, 0.29) is 24.7 Å². The Morgan fingerprint density at radius 1 is 1.12 bits per heavy atom. The maximum absolute atomic E-state index is 13.7. The number of carbonyl (C=O) groups is 1. The van der Waals surface area contributed by atoms with Gasteiger partial charge in [0.05, 0.1) is 12.7 Å². The minimum absolute atomic E-state index is 0.0702. The molecule has 0 unspecified atom stereocenters. The summed E-state index contributed by atoms with van der Waals surface area (Å²) >= 11 is 0. The van der Waals surface area contributed by atoms with Gasteiger partial charge < -0.3 is 9.32 Å². The number of likely N-dealkylation sites (N-methyl/N-ethyl adjacent to an activating group) is 1. The lowest BCUT2D eigenvalue weighted by Crippen LogP contribution is -2.28. The molecule has 1 amide bonds. The average molecular weight is 325 g/mol. The first-order valence-corrected chi connectivity index (χ1v) is 7.91. The number of carbonyl (C=O) groups excluding carboxylic acids is 1. The number of hydrogen-bond donors (Lipinski definition) is 0. The van der Waals surface area contributed by atoms with E-state index in [2.05, 4.69) is 0 Å². The standard InChI is InChI=1S/C20H20FNO2/c1-13-8-9-17-16(12-24-20(17)14(13)2)10-19(23)22(3)11-15-6-4-5-7-18(15)21/h4-9,12H,10-11H2,1-3H3. The van der Waals surface area contributed by atoms with Crippen LogP contribution in [0.5, 0.6) is 0 Å². The molecular formula is C20H20FNO2.